The van der Waals surface area contributed by atoms with Crippen LogP contribution in [0.4, 0.5) is 0 Å². The Labute approximate surface area is 146 Å². The van der Waals surface area contributed by atoms with Crippen LogP contribution in [0.3, 0.4) is 0 Å². The van der Waals surface area contributed by atoms with E-state index in [1.165, 1.54) is 11.1 Å². The zero-order valence-corrected chi connectivity index (χ0v) is 16.4. The molecule has 0 fully saturated rings. The van der Waals surface area contributed by atoms with Crippen LogP contribution in [0, 0.1) is 0 Å². The second kappa shape index (κ2) is 6.85. The molecule has 0 aliphatic carbocycles. The lowest BCUT2D eigenvalue weighted by Crippen LogP contribution is -2.18. The van der Waals surface area contributed by atoms with Gasteiger partial charge in [-0.15, -0.1) is 0 Å². The smallest absolute Gasteiger partial charge is 0.0597 e. The third kappa shape index (κ3) is 3.70. The third-order valence-electron chi connectivity index (χ3n) is 2.83. The minimum Gasteiger partial charge on any atom is -0.309 e. The first kappa shape index (κ1) is 15.7. The summed E-state index contributed by atoms with van der Waals surface area (Å²) >= 11 is 14.3. The molecule has 5 heteroatoms. The summed E-state index contributed by atoms with van der Waals surface area (Å²) in [6.45, 7) is 0. The van der Waals surface area contributed by atoms with Gasteiger partial charge in [-0.05, 0) is 48.5 Å². The fraction of sp³-hybridized carbons (Fsp3) is 0.143. The van der Waals surface area contributed by atoms with Gasteiger partial charge in [0.1, 0.15) is 0 Å². The van der Waals surface area contributed by atoms with Crippen molar-refractivity contribution in [1.82, 2.24) is 5.32 Å². The molecule has 2 aromatic carbocycles. The summed E-state index contributed by atoms with van der Waals surface area (Å²) in [5.74, 6) is 0. The van der Waals surface area contributed by atoms with E-state index in [4.69, 9.17) is 0 Å². The van der Waals surface area contributed by atoms with Gasteiger partial charge in [0.05, 0.1) is 6.04 Å². The Kier molecular flexibility index (Phi) is 5.66. The van der Waals surface area contributed by atoms with E-state index in [9.17, 15) is 0 Å². The van der Waals surface area contributed by atoms with Gasteiger partial charge in [-0.2, -0.15) is 0 Å². The molecule has 0 aliphatic heterocycles. The largest absolute Gasteiger partial charge is 0.309 e. The molecule has 0 bridgehead atoms. The summed E-state index contributed by atoms with van der Waals surface area (Å²) in [6, 6.07) is 12.5. The van der Waals surface area contributed by atoms with E-state index < -0.39 is 0 Å². The number of hydrogen-bond donors (Lipinski definition) is 1. The molecule has 0 amide bonds. The fourth-order valence-electron chi connectivity index (χ4n) is 1.95. The van der Waals surface area contributed by atoms with Crippen LogP contribution in [0.15, 0.2) is 54.3 Å². The number of halogens is 4. The van der Waals surface area contributed by atoms with Gasteiger partial charge in [-0.25, -0.2) is 0 Å². The molecule has 19 heavy (non-hydrogen) atoms. The predicted octanol–water partition coefficient (Wildman–Crippen LogP) is 6.05. The second-order valence-corrected chi connectivity index (χ2v) is 7.59. The minimum absolute atomic E-state index is 0.120. The average Bonchev–Trinajstić information content (AvgIpc) is 2.36. The van der Waals surface area contributed by atoms with Crippen molar-refractivity contribution in [3.63, 3.8) is 0 Å². The van der Waals surface area contributed by atoms with Crippen LogP contribution >= 0.6 is 63.7 Å². The fourth-order valence-corrected chi connectivity index (χ4v) is 4.08. The lowest BCUT2D eigenvalue weighted by molar-refractivity contribution is 0.685. The molecule has 1 N–H and O–H groups in total. The van der Waals surface area contributed by atoms with Crippen molar-refractivity contribution in [1.29, 1.82) is 0 Å². The van der Waals surface area contributed by atoms with Gasteiger partial charge < -0.3 is 5.32 Å². The maximum atomic E-state index is 3.63. The molecule has 0 aromatic heterocycles. The van der Waals surface area contributed by atoms with Crippen molar-refractivity contribution in [3.8, 4) is 0 Å². The van der Waals surface area contributed by atoms with E-state index in [1.807, 2.05) is 13.1 Å². The highest BCUT2D eigenvalue weighted by molar-refractivity contribution is 9.11. The van der Waals surface area contributed by atoms with Crippen LogP contribution in [0.2, 0.25) is 0 Å². The Morgan fingerprint density at radius 1 is 0.789 bits per heavy atom. The molecular weight excluding hydrogens is 502 g/mol. The monoisotopic (exact) mass is 509 g/mol. The molecule has 0 saturated carbocycles. The van der Waals surface area contributed by atoms with E-state index in [1.54, 1.807) is 0 Å². The number of nitrogens with one attached hydrogen (secondary N) is 1. The Morgan fingerprint density at radius 2 is 1.42 bits per heavy atom. The van der Waals surface area contributed by atoms with Gasteiger partial charge in [-0.1, -0.05) is 69.8 Å². The Hall–Kier alpha value is 0.320. The predicted molar refractivity (Wildman–Crippen MR) is 94.6 cm³/mol. The average molecular weight is 513 g/mol. The molecule has 0 radical (unpaired) electrons. The van der Waals surface area contributed by atoms with E-state index in [-0.39, 0.29) is 6.04 Å². The molecule has 1 nitrogen and oxygen atoms in total. The van der Waals surface area contributed by atoms with Crippen LogP contribution < -0.4 is 5.32 Å². The first-order valence-electron chi connectivity index (χ1n) is 5.60. The summed E-state index contributed by atoms with van der Waals surface area (Å²) in [5.41, 5.74) is 2.39. The molecule has 1 atom stereocenters. The van der Waals surface area contributed by atoms with Crippen molar-refractivity contribution in [2.75, 3.05) is 7.05 Å². The standard InChI is InChI=1S/C14H11Br4N/c1-19-14(10-4-2-9(16)7-13(10)18)11-6-8(15)3-5-12(11)17/h2-7,14,19H,1H3. The maximum Gasteiger partial charge on any atom is 0.0597 e. The summed E-state index contributed by atoms with van der Waals surface area (Å²) < 4.78 is 4.29. The third-order valence-corrected chi connectivity index (χ3v) is 5.23. The lowest BCUT2D eigenvalue weighted by Gasteiger charge is -2.20. The Balaban J connectivity index is 2.52. The van der Waals surface area contributed by atoms with Gasteiger partial charge in [0.25, 0.3) is 0 Å². The molecule has 0 heterocycles. The normalized spacial score (nSPS) is 12.5. The maximum absolute atomic E-state index is 3.63. The highest BCUT2D eigenvalue weighted by atomic mass is 79.9. The van der Waals surface area contributed by atoms with Crippen LogP contribution in [-0.4, -0.2) is 7.05 Å². The summed E-state index contributed by atoms with van der Waals surface area (Å²) in [5, 5.41) is 3.37. The second-order valence-electron chi connectivity index (χ2n) is 4.05. The van der Waals surface area contributed by atoms with Crippen molar-refractivity contribution >= 4 is 63.7 Å². The highest BCUT2D eigenvalue weighted by Crippen LogP contribution is 2.35. The quantitative estimate of drug-likeness (QED) is 0.528. The summed E-state index contributed by atoms with van der Waals surface area (Å²) in [4.78, 5) is 0. The SMILES string of the molecule is CNC(c1ccc(Br)cc1Br)c1cc(Br)ccc1Br. The van der Waals surface area contributed by atoms with Crippen LogP contribution in [0.25, 0.3) is 0 Å². The number of rotatable bonds is 3. The molecule has 0 spiro atoms. The molecule has 2 rings (SSSR count). The van der Waals surface area contributed by atoms with Gasteiger partial charge in [0.15, 0.2) is 0 Å². The first-order chi connectivity index (χ1) is 9.02. The summed E-state index contributed by atoms with van der Waals surface area (Å²) in [7, 11) is 1.96. The van der Waals surface area contributed by atoms with Gasteiger partial charge in [-0.3, -0.25) is 0 Å². The van der Waals surface area contributed by atoms with E-state index in [0.717, 1.165) is 17.9 Å². The Morgan fingerprint density at radius 3 is 2.05 bits per heavy atom. The van der Waals surface area contributed by atoms with Crippen molar-refractivity contribution in [3.05, 3.63) is 65.4 Å². The molecule has 0 aliphatic rings. The molecular formula is C14H11Br4N. The number of benzene rings is 2. The lowest BCUT2D eigenvalue weighted by atomic mass is 9.99. The van der Waals surface area contributed by atoms with Crippen LogP contribution in [0.1, 0.15) is 17.2 Å². The topological polar surface area (TPSA) is 12.0 Å². The van der Waals surface area contributed by atoms with Crippen LogP contribution in [0.5, 0.6) is 0 Å². The van der Waals surface area contributed by atoms with E-state index in [2.05, 4.69) is 99.4 Å². The highest BCUT2D eigenvalue weighted by Gasteiger charge is 2.17. The van der Waals surface area contributed by atoms with Crippen LogP contribution in [-0.2, 0) is 0 Å². The van der Waals surface area contributed by atoms with Gasteiger partial charge >= 0.3 is 0 Å². The molecule has 0 saturated heterocycles. The molecule has 2 aromatic rings. The van der Waals surface area contributed by atoms with E-state index in [0.29, 0.717) is 0 Å². The van der Waals surface area contributed by atoms with Crippen molar-refractivity contribution < 1.29 is 0 Å². The van der Waals surface area contributed by atoms with Crippen molar-refractivity contribution in [2.24, 2.45) is 0 Å². The van der Waals surface area contributed by atoms with Gasteiger partial charge in [0.2, 0.25) is 0 Å². The summed E-state index contributed by atoms with van der Waals surface area (Å²) in [6.07, 6.45) is 0. The number of hydrogen-bond acceptors (Lipinski definition) is 1. The van der Waals surface area contributed by atoms with Crippen molar-refractivity contribution in [2.45, 2.75) is 6.04 Å². The van der Waals surface area contributed by atoms with Gasteiger partial charge in [0, 0.05) is 17.9 Å². The van der Waals surface area contributed by atoms with E-state index >= 15 is 0 Å². The zero-order chi connectivity index (χ0) is 14.0. The first-order valence-corrected chi connectivity index (χ1v) is 8.77. The molecule has 1 unspecified atom stereocenters. The Bertz CT molecular complexity index is 598. The molecule has 100 valence electrons. The zero-order valence-electron chi connectivity index (χ0n) is 10.1. The minimum atomic E-state index is 0.120.